The first kappa shape index (κ1) is 27.9. The van der Waals surface area contributed by atoms with Crippen LogP contribution >= 0.6 is 11.6 Å². The second kappa shape index (κ2) is 14.2. The molecular weight excluding hydrogens is 492 g/mol. The lowest BCUT2D eigenvalue weighted by atomic mass is 10.0. The zero-order valence-electron chi connectivity index (χ0n) is 20.5. The number of benzene rings is 3. The summed E-state index contributed by atoms with van der Waals surface area (Å²) in [5.74, 6) is -3.69. The fourth-order valence-corrected chi connectivity index (χ4v) is 4.32. The van der Waals surface area contributed by atoms with Gasteiger partial charge in [-0.1, -0.05) is 72.6 Å². The highest BCUT2D eigenvalue weighted by Crippen LogP contribution is 2.23. The molecular formula is C29H31ClN2O5. The van der Waals surface area contributed by atoms with E-state index in [2.05, 4.69) is 22.3 Å². The molecule has 37 heavy (non-hydrogen) atoms. The van der Waals surface area contributed by atoms with Gasteiger partial charge in [0.15, 0.2) is 0 Å². The summed E-state index contributed by atoms with van der Waals surface area (Å²) in [4.78, 5) is 33.7. The number of rotatable bonds is 7. The summed E-state index contributed by atoms with van der Waals surface area (Å²) in [5, 5.41) is 18.8. The number of hydrogen-bond donors (Lipinski definition) is 3. The van der Waals surface area contributed by atoms with Crippen molar-refractivity contribution in [2.45, 2.75) is 31.7 Å². The second-order valence-corrected chi connectivity index (χ2v) is 9.26. The molecule has 8 heteroatoms. The number of halogens is 1. The number of nitrogens with zero attached hydrogens (tertiary/aromatic N) is 1. The van der Waals surface area contributed by atoms with Crippen LogP contribution in [0, 0.1) is 0 Å². The fourth-order valence-electron chi connectivity index (χ4n) is 4.20. The van der Waals surface area contributed by atoms with Crippen LogP contribution in [0.15, 0.2) is 78.9 Å². The molecule has 1 unspecified atom stereocenters. The van der Waals surface area contributed by atoms with Gasteiger partial charge in [0, 0.05) is 17.1 Å². The summed E-state index contributed by atoms with van der Waals surface area (Å²) >= 11 is 6.09. The van der Waals surface area contributed by atoms with Crippen LogP contribution in [-0.4, -0.2) is 52.6 Å². The first-order chi connectivity index (χ1) is 17.8. The van der Waals surface area contributed by atoms with Gasteiger partial charge in [-0.2, -0.15) is 0 Å². The molecule has 1 aliphatic heterocycles. The molecule has 7 nitrogen and oxygen atoms in total. The van der Waals surface area contributed by atoms with Crippen molar-refractivity contribution in [2.75, 3.05) is 19.6 Å². The summed E-state index contributed by atoms with van der Waals surface area (Å²) < 4.78 is 0. The van der Waals surface area contributed by atoms with E-state index in [0.29, 0.717) is 10.6 Å². The Morgan fingerprint density at radius 2 is 1.35 bits per heavy atom. The number of aliphatic carboxylic acids is 2. The molecule has 3 aromatic carbocycles. The van der Waals surface area contributed by atoms with Gasteiger partial charge in [0.05, 0.1) is 6.04 Å². The lowest BCUT2D eigenvalue weighted by Gasteiger charge is -2.29. The van der Waals surface area contributed by atoms with E-state index in [1.807, 2.05) is 66.7 Å². The molecule has 1 amide bonds. The Kier molecular flexibility index (Phi) is 10.7. The molecule has 0 saturated carbocycles. The lowest BCUT2D eigenvalue weighted by molar-refractivity contribution is -0.159. The van der Waals surface area contributed by atoms with Gasteiger partial charge in [-0.05, 0) is 73.3 Å². The van der Waals surface area contributed by atoms with Crippen LogP contribution in [0.4, 0.5) is 0 Å². The first-order valence-corrected chi connectivity index (χ1v) is 12.6. The molecule has 1 aliphatic rings. The van der Waals surface area contributed by atoms with Gasteiger partial charge in [-0.3, -0.25) is 4.79 Å². The van der Waals surface area contributed by atoms with Crippen LogP contribution < -0.4 is 5.32 Å². The SMILES string of the molecule is O=C(NC(CCN1CCCCC1)c1ccc(Cl)cc1)c1ccc(-c2ccccc2)cc1.O=C(O)C(=O)O. The topological polar surface area (TPSA) is 107 Å². The molecule has 3 N–H and O–H groups in total. The number of carboxylic acids is 2. The summed E-state index contributed by atoms with van der Waals surface area (Å²) in [7, 11) is 0. The average Bonchev–Trinajstić information content (AvgIpc) is 2.93. The van der Waals surface area contributed by atoms with Crippen molar-refractivity contribution < 1.29 is 24.6 Å². The van der Waals surface area contributed by atoms with Crippen LogP contribution in [0.5, 0.6) is 0 Å². The molecule has 4 rings (SSSR count). The van der Waals surface area contributed by atoms with E-state index >= 15 is 0 Å². The van der Waals surface area contributed by atoms with Crippen molar-refractivity contribution >= 4 is 29.4 Å². The minimum Gasteiger partial charge on any atom is -0.473 e. The van der Waals surface area contributed by atoms with Crippen molar-refractivity contribution in [3.63, 3.8) is 0 Å². The number of piperidine rings is 1. The van der Waals surface area contributed by atoms with Crippen molar-refractivity contribution in [1.29, 1.82) is 0 Å². The minimum absolute atomic E-state index is 0.0412. The van der Waals surface area contributed by atoms with Gasteiger partial charge >= 0.3 is 11.9 Å². The van der Waals surface area contributed by atoms with Crippen LogP contribution in [0.2, 0.25) is 5.02 Å². The van der Waals surface area contributed by atoms with Crippen LogP contribution in [0.3, 0.4) is 0 Å². The summed E-state index contributed by atoms with van der Waals surface area (Å²) in [5.41, 5.74) is 4.03. The van der Waals surface area contributed by atoms with Crippen LogP contribution in [0.1, 0.15) is 47.6 Å². The molecule has 1 atom stereocenters. The lowest BCUT2D eigenvalue weighted by Crippen LogP contribution is -2.35. The van der Waals surface area contributed by atoms with Gasteiger partial charge in [0.1, 0.15) is 0 Å². The molecule has 0 aromatic heterocycles. The first-order valence-electron chi connectivity index (χ1n) is 12.2. The van der Waals surface area contributed by atoms with E-state index in [9.17, 15) is 4.79 Å². The van der Waals surface area contributed by atoms with Gasteiger partial charge in [-0.15, -0.1) is 0 Å². The number of hydrogen-bond acceptors (Lipinski definition) is 4. The average molecular weight is 523 g/mol. The Bertz CT molecular complexity index is 1150. The smallest absolute Gasteiger partial charge is 0.414 e. The number of carboxylic acid groups (broad SMARTS) is 2. The van der Waals surface area contributed by atoms with Gasteiger partial charge in [-0.25, -0.2) is 9.59 Å². The second-order valence-electron chi connectivity index (χ2n) is 8.82. The standard InChI is InChI=1S/C27H29ClN2O.C2H2O4/c28-25-15-13-23(14-16-25)26(17-20-30-18-5-2-6-19-30)29-27(31)24-11-9-22(10-12-24)21-7-3-1-4-8-21;3-1(4)2(5)6/h1,3-4,7-16,26H,2,5-6,17-20H2,(H,29,31);(H,3,4)(H,5,6). The molecule has 1 fully saturated rings. The molecule has 1 heterocycles. The number of nitrogens with one attached hydrogen (secondary N) is 1. The van der Waals surface area contributed by atoms with E-state index in [4.69, 9.17) is 31.4 Å². The maximum atomic E-state index is 13.0. The van der Waals surface area contributed by atoms with Crippen molar-refractivity contribution in [1.82, 2.24) is 10.2 Å². The maximum absolute atomic E-state index is 13.0. The molecule has 0 spiro atoms. The molecule has 194 valence electrons. The predicted molar refractivity (Wildman–Crippen MR) is 144 cm³/mol. The minimum atomic E-state index is -1.82. The highest BCUT2D eigenvalue weighted by Gasteiger charge is 2.18. The molecule has 0 bridgehead atoms. The largest absolute Gasteiger partial charge is 0.473 e. The van der Waals surface area contributed by atoms with Crippen molar-refractivity contribution in [3.8, 4) is 11.1 Å². The Labute approximate surface area is 221 Å². The predicted octanol–water partition coefficient (Wildman–Crippen LogP) is 5.51. The normalized spacial score (nSPS) is 14.1. The van der Waals surface area contributed by atoms with E-state index in [-0.39, 0.29) is 11.9 Å². The highest BCUT2D eigenvalue weighted by molar-refractivity contribution is 6.30. The monoisotopic (exact) mass is 522 g/mol. The molecule has 0 radical (unpaired) electrons. The number of likely N-dealkylation sites (tertiary alicyclic amines) is 1. The summed E-state index contributed by atoms with van der Waals surface area (Å²) in [6.45, 7) is 3.30. The van der Waals surface area contributed by atoms with Gasteiger partial charge < -0.3 is 20.4 Å². The number of amides is 1. The van der Waals surface area contributed by atoms with Crippen molar-refractivity contribution in [3.05, 3.63) is 95.0 Å². The summed E-state index contributed by atoms with van der Waals surface area (Å²) in [6.07, 6.45) is 4.75. The van der Waals surface area contributed by atoms with E-state index in [0.717, 1.165) is 42.7 Å². The third-order valence-electron chi connectivity index (χ3n) is 6.20. The molecule has 0 aliphatic carbocycles. The van der Waals surface area contributed by atoms with Crippen molar-refractivity contribution in [2.24, 2.45) is 0 Å². The van der Waals surface area contributed by atoms with Gasteiger partial charge in [0.25, 0.3) is 5.91 Å². The zero-order chi connectivity index (χ0) is 26.6. The van der Waals surface area contributed by atoms with E-state index in [1.54, 1.807) is 0 Å². The number of carbonyl (C=O) groups is 3. The third kappa shape index (κ3) is 9.04. The van der Waals surface area contributed by atoms with E-state index < -0.39 is 11.9 Å². The van der Waals surface area contributed by atoms with Crippen LogP contribution in [0.25, 0.3) is 11.1 Å². The summed E-state index contributed by atoms with van der Waals surface area (Å²) in [6, 6.07) is 25.8. The molecule has 1 saturated heterocycles. The van der Waals surface area contributed by atoms with Gasteiger partial charge in [0.2, 0.25) is 0 Å². The number of carbonyl (C=O) groups excluding carboxylic acids is 1. The molecule has 3 aromatic rings. The third-order valence-corrected chi connectivity index (χ3v) is 6.45. The highest BCUT2D eigenvalue weighted by atomic mass is 35.5. The Morgan fingerprint density at radius 3 is 1.92 bits per heavy atom. The van der Waals surface area contributed by atoms with Crippen LogP contribution in [-0.2, 0) is 9.59 Å². The maximum Gasteiger partial charge on any atom is 0.414 e. The van der Waals surface area contributed by atoms with E-state index in [1.165, 1.54) is 19.3 Å². The Hall–Kier alpha value is -3.68. The fraction of sp³-hybridized carbons (Fsp3) is 0.276. The Morgan fingerprint density at radius 1 is 0.784 bits per heavy atom. The quantitative estimate of drug-likeness (QED) is 0.353. The zero-order valence-corrected chi connectivity index (χ0v) is 21.2. The Balaban J connectivity index is 0.000000568.